The molecule has 0 aliphatic rings. The van der Waals surface area contributed by atoms with Crippen LogP contribution in [0.3, 0.4) is 0 Å². The van der Waals surface area contributed by atoms with E-state index in [-0.39, 0.29) is 13.2 Å². The standard InChI is InChI=1S/C31H84O10Si10/c1-42(2,3)34-46(11,12)38-50(19,20)40-48(15,16)36-44(7,8)27-23-25-31(29-32,30-33)26-24-28-45(9,10)37-49(17,18)41-51(21,22)39-47(13,14)35-43(4,5)6/h32-33H,23-30H2,1-22H3. The van der Waals surface area contributed by atoms with Crippen LogP contribution < -0.4 is 0 Å². The molecule has 0 bridgehead atoms. The molecule has 0 saturated carbocycles. The van der Waals surface area contributed by atoms with Gasteiger partial charge in [0.15, 0.2) is 33.3 Å². The Hall–Kier alpha value is 1.77. The maximum absolute atomic E-state index is 10.5. The molecule has 20 heteroatoms. The van der Waals surface area contributed by atoms with Crippen molar-refractivity contribution >= 4 is 84.6 Å². The summed E-state index contributed by atoms with van der Waals surface area (Å²) in [6.07, 6.45) is 3.28. The van der Waals surface area contributed by atoms with E-state index < -0.39 is 90.1 Å². The largest absolute Gasteiger partial charge is 0.437 e. The first-order valence-electron chi connectivity index (χ1n) is 19.0. The Morgan fingerprint density at radius 2 is 0.549 bits per heavy atom. The first kappa shape index (κ1) is 52.8. The van der Waals surface area contributed by atoms with Crippen molar-refractivity contribution in [2.75, 3.05) is 13.2 Å². The molecule has 0 fully saturated rings. The lowest BCUT2D eigenvalue weighted by atomic mass is 9.81. The first-order chi connectivity index (χ1) is 22.2. The van der Waals surface area contributed by atoms with Gasteiger partial charge in [0.25, 0.3) is 0 Å². The summed E-state index contributed by atoms with van der Waals surface area (Å²) in [5, 5.41) is 21.1. The van der Waals surface area contributed by atoms with Gasteiger partial charge in [0.05, 0.1) is 13.2 Å². The minimum atomic E-state index is -2.49. The minimum Gasteiger partial charge on any atom is -0.437 e. The third kappa shape index (κ3) is 24.9. The zero-order valence-electron chi connectivity index (χ0n) is 37.3. The summed E-state index contributed by atoms with van der Waals surface area (Å²) in [7, 11) is -22.3. The maximum Gasteiger partial charge on any atom is 0.314 e. The third-order valence-electron chi connectivity index (χ3n) is 7.76. The summed E-state index contributed by atoms with van der Waals surface area (Å²) in [5.74, 6) is 0. The topological polar surface area (TPSA) is 114 Å². The molecule has 0 rings (SSSR count). The molecular formula is C31H84O10Si10. The average molecular weight is 898 g/mol. The van der Waals surface area contributed by atoms with Crippen molar-refractivity contribution in [2.45, 2.75) is 182 Å². The normalized spacial score (nSPS) is 15.5. The van der Waals surface area contributed by atoms with Gasteiger partial charge in [0, 0.05) is 5.41 Å². The molecule has 51 heavy (non-hydrogen) atoms. The maximum atomic E-state index is 10.5. The second-order valence-electron chi connectivity index (χ2n) is 20.5. The van der Waals surface area contributed by atoms with E-state index in [1.54, 1.807) is 0 Å². The summed E-state index contributed by atoms with van der Waals surface area (Å²) in [5.41, 5.74) is -0.521. The highest BCUT2D eigenvalue weighted by Crippen LogP contribution is 2.35. The number of hydrogen-bond donors (Lipinski definition) is 2. The molecule has 0 unspecified atom stereocenters. The van der Waals surface area contributed by atoms with Gasteiger partial charge in [-0.2, -0.15) is 0 Å². The van der Waals surface area contributed by atoms with E-state index in [1.807, 2.05) is 0 Å². The summed E-state index contributed by atoms with van der Waals surface area (Å²) < 4.78 is 53.2. The molecule has 0 radical (unpaired) electrons. The summed E-state index contributed by atoms with van der Waals surface area (Å²) in [6, 6.07) is 1.86. The summed E-state index contributed by atoms with van der Waals surface area (Å²) in [4.78, 5) is 0. The second kappa shape index (κ2) is 19.0. The van der Waals surface area contributed by atoms with Gasteiger partial charge in [-0.1, -0.05) is 12.8 Å². The molecule has 0 saturated heterocycles. The Balaban J connectivity index is 5.26. The lowest BCUT2D eigenvalue weighted by molar-refractivity contribution is 0.0381. The van der Waals surface area contributed by atoms with Crippen LogP contribution in [0.4, 0.5) is 0 Å². The van der Waals surface area contributed by atoms with Crippen LogP contribution in [0, 0.1) is 5.41 Å². The van der Waals surface area contributed by atoms with Gasteiger partial charge in [-0.15, -0.1) is 0 Å². The van der Waals surface area contributed by atoms with Crippen LogP contribution in [0.5, 0.6) is 0 Å². The van der Waals surface area contributed by atoms with Crippen molar-refractivity contribution in [2.24, 2.45) is 5.41 Å². The number of rotatable bonds is 26. The quantitative estimate of drug-likeness (QED) is 0.0814. The second-order valence-corrected chi connectivity index (χ2v) is 60.3. The molecule has 0 aromatic carbocycles. The third-order valence-corrected chi connectivity index (χ3v) is 43.8. The van der Waals surface area contributed by atoms with E-state index in [2.05, 4.69) is 144 Å². The van der Waals surface area contributed by atoms with E-state index in [0.717, 1.165) is 37.8 Å². The lowest BCUT2D eigenvalue weighted by Crippen LogP contribution is -2.58. The zero-order chi connectivity index (χ0) is 40.8. The molecule has 0 aliphatic heterocycles. The van der Waals surface area contributed by atoms with Crippen LogP contribution >= 0.6 is 0 Å². The van der Waals surface area contributed by atoms with Crippen molar-refractivity contribution in [3.05, 3.63) is 0 Å². The summed E-state index contributed by atoms with van der Waals surface area (Å²) >= 11 is 0. The van der Waals surface area contributed by atoms with Crippen LogP contribution in [0.2, 0.25) is 156 Å². The van der Waals surface area contributed by atoms with Gasteiger partial charge in [-0.3, -0.25) is 0 Å². The predicted molar refractivity (Wildman–Crippen MR) is 240 cm³/mol. The van der Waals surface area contributed by atoms with Gasteiger partial charge >= 0.3 is 51.4 Å². The van der Waals surface area contributed by atoms with E-state index >= 15 is 0 Å². The molecule has 0 aromatic heterocycles. The van der Waals surface area contributed by atoms with Gasteiger partial charge in [0.1, 0.15) is 0 Å². The first-order valence-corrected chi connectivity index (χ1v) is 49.0. The lowest BCUT2D eigenvalue weighted by Gasteiger charge is -2.42. The molecule has 0 amide bonds. The average Bonchev–Trinajstić information content (AvgIpc) is 2.74. The van der Waals surface area contributed by atoms with Gasteiger partial charge < -0.3 is 43.1 Å². The zero-order valence-corrected chi connectivity index (χ0v) is 47.3. The fourth-order valence-electron chi connectivity index (χ4n) is 7.67. The molecule has 0 heterocycles. The fourth-order valence-corrected chi connectivity index (χ4v) is 55.2. The molecule has 308 valence electrons. The van der Waals surface area contributed by atoms with Gasteiger partial charge in [-0.05, 0) is 169 Å². The van der Waals surface area contributed by atoms with E-state index in [4.69, 9.17) is 32.9 Å². The molecule has 0 aliphatic carbocycles. The van der Waals surface area contributed by atoms with Crippen molar-refractivity contribution in [1.82, 2.24) is 0 Å². The van der Waals surface area contributed by atoms with Crippen molar-refractivity contribution in [3.63, 3.8) is 0 Å². The fraction of sp³-hybridized carbons (Fsp3) is 1.00. The molecule has 0 atom stereocenters. The van der Waals surface area contributed by atoms with E-state index in [0.29, 0.717) is 0 Å². The number of hydrogen-bond acceptors (Lipinski definition) is 10. The van der Waals surface area contributed by atoms with Gasteiger partial charge in [-0.25, -0.2) is 0 Å². The highest BCUT2D eigenvalue weighted by Gasteiger charge is 2.47. The van der Waals surface area contributed by atoms with E-state index in [9.17, 15) is 10.2 Å². The molecule has 0 spiro atoms. The Kier molecular flexibility index (Phi) is 19.7. The van der Waals surface area contributed by atoms with Crippen LogP contribution in [-0.4, -0.2) is 108 Å². The molecule has 2 N–H and O–H groups in total. The monoisotopic (exact) mass is 896 g/mol. The predicted octanol–water partition coefficient (Wildman–Crippen LogP) is 9.94. The Bertz CT molecular complexity index is 977. The highest BCUT2D eigenvalue weighted by atomic mass is 28.5. The van der Waals surface area contributed by atoms with E-state index in [1.165, 1.54) is 0 Å². The Morgan fingerprint density at radius 3 is 0.765 bits per heavy atom. The van der Waals surface area contributed by atoms with Crippen molar-refractivity contribution in [3.8, 4) is 0 Å². The highest BCUT2D eigenvalue weighted by molar-refractivity contribution is 6.91. The molecule has 10 nitrogen and oxygen atoms in total. The van der Waals surface area contributed by atoms with Crippen molar-refractivity contribution in [1.29, 1.82) is 0 Å². The number of aliphatic hydroxyl groups is 2. The van der Waals surface area contributed by atoms with Crippen LogP contribution in [0.1, 0.15) is 25.7 Å². The molecule has 0 aromatic rings. The summed E-state index contributed by atoms with van der Waals surface area (Å²) in [6.45, 7) is 47.5. The minimum absolute atomic E-state index is 0.0333. The number of aliphatic hydroxyl groups excluding tert-OH is 2. The smallest absolute Gasteiger partial charge is 0.314 e. The van der Waals surface area contributed by atoms with Crippen LogP contribution in [0.15, 0.2) is 0 Å². The Labute approximate surface area is 326 Å². The van der Waals surface area contributed by atoms with Crippen molar-refractivity contribution < 1.29 is 43.1 Å². The Morgan fingerprint density at radius 1 is 0.333 bits per heavy atom. The SMILES string of the molecule is C[Si](C)(C)O[Si](C)(C)O[Si](C)(C)O[Si](C)(C)O[Si](C)(C)CCCC(CO)(CO)CCC[Si](C)(C)O[Si](C)(C)O[Si](C)(C)O[Si](C)(C)O[Si](C)(C)C. The van der Waals surface area contributed by atoms with Gasteiger partial charge in [0.2, 0.25) is 0 Å². The molecular weight excluding hydrogens is 813 g/mol. The van der Waals surface area contributed by atoms with Crippen LogP contribution in [-0.2, 0) is 32.9 Å². The van der Waals surface area contributed by atoms with Crippen LogP contribution in [0.25, 0.3) is 0 Å².